The number of hydrogen-bond donors (Lipinski definition) is 2. The Hall–Kier alpha value is -2.61. The van der Waals surface area contributed by atoms with Gasteiger partial charge in [0, 0.05) is 18.3 Å². The van der Waals surface area contributed by atoms with Gasteiger partial charge in [-0.05, 0) is 30.7 Å². The van der Waals surface area contributed by atoms with E-state index in [1.54, 1.807) is 19.1 Å². The summed E-state index contributed by atoms with van der Waals surface area (Å²) in [4.78, 5) is 15.6. The van der Waals surface area contributed by atoms with Crippen molar-refractivity contribution in [3.8, 4) is 11.6 Å². The van der Waals surface area contributed by atoms with E-state index in [0.29, 0.717) is 5.56 Å². The molecule has 1 aromatic carbocycles. The number of aliphatic hydroxyl groups is 1. The molecule has 0 bridgehead atoms. The van der Waals surface area contributed by atoms with Gasteiger partial charge < -0.3 is 15.2 Å². The molecule has 0 aliphatic carbocycles. The lowest BCUT2D eigenvalue weighted by Gasteiger charge is -2.13. The fourth-order valence-corrected chi connectivity index (χ4v) is 1.98. The van der Waals surface area contributed by atoms with Gasteiger partial charge in [-0.2, -0.15) is 13.2 Å². The van der Waals surface area contributed by atoms with E-state index in [4.69, 9.17) is 4.74 Å². The number of amides is 1. The van der Waals surface area contributed by atoms with Crippen molar-refractivity contribution in [2.75, 3.05) is 0 Å². The summed E-state index contributed by atoms with van der Waals surface area (Å²) < 4.78 is 43.7. The van der Waals surface area contributed by atoms with Crippen LogP contribution in [0.3, 0.4) is 0 Å². The van der Waals surface area contributed by atoms with Crippen LogP contribution in [0, 0.1) is 0 Å². The van der Waals surface area contributed by atoms with Gasteiger partial charge in [-0.15, -0.1) is 0 Å². The van der Waals surface area contributed by atoms with Gasteiger partial charge in [-0.1, -0.05) is 19.1 Å². The third-order valence-electron chi connectivity index (χ3n) is 3.37. The highest BCUT2D eigenvalue weighted by Gasteiger charge is 2.30. The number of pyridine rings is 1. The fourth-order valence-electron chi connectivity index (χ4n) is 1.98. The van der Waals surface area contributed by atoms with Gasteiger partial charge in [0.05, 0.1) is 5.56 Å². The Balaban J connectivity index is 2.14. The number of benzene rings is 1. The fraction of sp³-hybridized carbons (Fsp3) is 0.294. The number of alkyl halides is 3. The second kappa shape index (κ2) is 7.98. The zero-order chi connectivity index (χ0) is 18.4. The van der Waals surface area contributed by atoms with Crippen LogP contribution in [0.1, 0.15) is 24.5 Å². The number of rotatable bonds is 6. The maximum atomic E-state index is 12.8. The largest absolute Gasteiger partial charge is 0.439 e. The monoisotopic (exact) mass is 354 g/mol. The maximum Gasteiger partial charge on any atom is 0.416 e. The maximum absolute atomic E-state index is 12.8. The number of carbonyl (C=O) groups excluding carboxylic acids is 1. The third-order valence-corrected chi connectivity index (χ3v) is 3.37. The van der Waals surface area contributed by atoms with Crippen molar-refractivity contribution in [2.45, 2.75) is 32.2 Å². The molecule has 1 unspecified atom stereocenters. The summed E-state index contributed by atoms with van der Waals surface area (Å²) in [6.45, 7) is 1.69. The number of aromatic nitrogens is 1. The molecular formula is C17H17F3N2O3. The Kier molecular flexibility index (Phi) is 5.97. The van der Waals surface area contributed by atoms with Crippen LogP contribution in [-0.2, 0) is 17.5 Å². The highest BCUT2D eigenvalue weighted by Crippen LogP contribution is 2.32. The lowest BCUT2D eigenvalue weighted by Crippen LogP contribution is -2.33. The molecule has 1 aromatic heterocycles. The Labute approximate surface area is 142 Å². The number of nitrogens with zero attached hydrogens (tertiary/aromatic N) is 1. The van der Waals surface area contributed by atoms with E-state index in [-0.39, 0.29) is 24.6 Å². The standard InChI is InChI=1S/C17H17F3N2O3/c1-2-14(23)15(24)22-10-11-5-4-8-21-16(11)25-13-7-3-6-12(9-13)17(18,19)20/h3-9,14,23H,2,10H2,1H3,(H,22,24). The van der Waals surface area contributed by atoms with E-state index in [0.717, 1.165) is 12.1 Å². The van der Waals surface area contributed by atoms with Gasteiger partial charge in [0.25, 0.3) is 0 Å². The zero-order valence-corrected chi connectivity index (χ0v) is 13.4. The molecule has 0 saturated heterocycles. The molecule has 25 heavy (non-hydrogen) atoms. The van der Waals surface area contributed by atoms with E-state index in [9.17, 15) is 23.1 Å². The molecule has 0 saturated carbocycles. The summed E-state index contributed by atoms with van der Waals surface area (Å²) in [6.07, 6.45) is -3.90. The number of hydrogen-bond acceptors (Lipinski definition) is 4. The average Bonchev–Trinajstić information content (AvgIpc) is 2.59. The van der Waals surface area contributed by atoms with Gasteiger partial charge in [0.1, 0.15) is 11.9 Å². The minimum Gasteiger partial charge on any atom is -0.439 e. The second-order valence-corrected chi connectivity index (χ2v) is 5.24. The molecule has 2 rings (SSSR count). The summed E-state index contributed by atoms with van der Waals surface area (Å²) in [5.74, 6) is -0.487. The molecule has 2 aromatic rings. The lowest BCUT2D eigenvalue weighted by atomic mass is 10.2. The Morgan fingerprint density at radius 2 is 2.08 bits per heavy atom. The Morgan fingerprint density at radius 3 is 2.76 bits per heavy atom. The minimum atomic E-state index is -4.48. The summed E-state index contributed by atoms with van der Waals surface area (Å²) in [5.41, 5.74) is -0.363. The quantitative estimate of drug-likeness (QED) is 0.835. The first kappa shape index (κ1) is 18.7. The highest BCUT2D eigenvalue weighted by molar-refractivity contribution is 5.80. The first-order valence-electron chi connectivity index (χ1n) is 7.56. The van der Waals surface area contributed by atoms with Gasteiger partial charge in [-0.3, -0.25) is 4.79 Å². The van der Waals surface area contributed by atoms with Crippen molar-refractivity contribution in [1.82, 2.24) is 10.3 Å². The lowest BCUT2D eigenvalue weighted by molar-refractivity contribution is -0.137. The molecule has 1 atom stereocenters. The Morgan fingerprint density at radius 1 is 1.32 bits per heavy atom. The van der Waals surface area contributed by atoms with E-state index >= 15 is 0 Å². The molecule has 0 aliphatic heterocycles. The van der Waals surface area contributed by atoms with Crippen LogP contribution in [0.4, 0.5) is 13.2 Å². The van der Waals surface area contributed by atoms with Crippen molar-refractivity contribution < 1.29 is 27.8 Å². The van der Waals surface area contributed by atoms with E-state index in [2.05, 4.69) is 10.3 Å². The molecule has 0 spiro atoms. The van der Waals surface area contributed by atoms with Crippen LogP contribution in [-0.4, -0.2) is 22.1 Å². The number of halogens is 3. The van der Waals surface area contributed by atoms with Gasteiger partial charge in [0.15, 0.2) is 0 Å². The first-order chi connectivity index (χ1) is 11.8. The van der Waals surface area contributed by atoms with Crippen LogP contribution in [0.2, 0.25) is 0 Å². The van der Waals surface area contributed by atoms with Gasteiger partial charge in [0.2, 0.25) is 11.8 Å². The van der Waals surface area contributed by atoms with Crippen molar-refractivity contribution in [1.29, 1.82) is 0 Å². The molecule has 8 heteroatoms. The second-order valence-electron chi connectivity index (χ2n) is 5.24. The van der Waals surface area contributed by atoms with E-state index < -0.39 is 23.8 Å². The van der Waals surface area contributed by atoms with Crippen molar-refractivity contribution in [3.05, 3.63) is 53.7 Å². The predicted octanol–water partition coefficient (Wildman–Crippen LogP) is 3.28. The third kappa shape index (κ3) is 5.18. The first-order valence-corrected chi connectivity index (χ1v) is 7.56. The number of nitrogens with one attached hydrogen (secondary N) is 1. The molecule has 1 heterocycles. The van der Waals surface area contributed by atoms with E-state index in [1.165, 1.54) is 18.3 Å². The van der Waals surface area contributed by atoms with Crippen LogP contribution in [0.15, 0.2) is 42.6 Å². The van der Waals surface area contributed by atoms with E-state index in [1.807, 2.05) is 0 Å². The molecule has 134 valence electrons. The summed E-state index contributed by atoms with van der Waals surface area (Å²) in [7, 11) is 0. The predicted molar refractivity (Wildman–Crippen MR) is 83.9 cm³/mol. The summed E-state index contributed by atoms with van der Waals surface area (Å²) in [5, 5.41) is 12.0. The molecule has 2 N–H and O–H groups in total. The SMILES string of the molecule is CCC(O)C(=O)NCc1cccnc1Oc1cccc(C(F)(F)F)c1. The molecule has 0 aliphatic rings. The molecule has 0 radical (unpaired) electrons. The normalized spacial score (nSPS) is 12.5. The molecule has 1 amide bonds. The zero-order valence-electron chi connectivity index (χ0n) is 13.4. The van der Waals surface area contributed by atoms with Crippen LogP contribution in [0.5, 0.6) is 11.6 Å². The average molecular weight is 354 g/mol. The smallest absolute Gasteiger partial charge is 0.416 e. The van der Waals surface area contributed by atoms with Crippen molar-refractivity contribution in [2.24, 2.45) is 0 Å². The number of carbonyl (C=O) groups is 1. The van der Waals surface area contributed by atoms with Gasteiger partial charge in [-0.25, -0.2) is 4.98 Å². The molecular weight excluding hydrogens is 337 g/mol. The van der Waals surface area contributed by atoms with Crippen molar-refractivity contribution >= 4 is 5.91 Å². The minimum absolute atomic E-state index is 0.0188. The number of ether oxygens (including phenoxy) is 1. The summed E-state index contributed by atoms with van der Waals surface area (Å²) >= 11 is 0. The summed E-state index contributed by atoms with van der Waals surface area (Å²) in [6, 6.07) is 7.66. The van der Waals surface area contributed by atoms with Crippen LogP contribution < -0.4 is 10.1 Å². The Bertz CT molecular complexity index is 735. The molecule has 5 nitrogen and oxygen atoms in total. The van der Waals surface area contributed by atoms with Gasteiger partial charge >= 0.3 is 6.18 Å². The molecule has 0 fully saturated rings. The van der Waals surface area contributed by atoms with Crippen LogP contribution in [0.25, 0.3) is 0 Å². The number of aliphatic hydroxyl groups excluding tert-OH is 1. The van der Waals surface area contributed by atoms with Crippen molar-refractivity contribution in [3.63, 3.8) is 0 Å². The highest BCUT2D eigenvalue weighted by atomic mass is 19.4. The topological polar surface area (TPSA) is 71.5 Å². The van der Waals surface area contributed by atoms with Crippen LogP contribution >= 0.6 is 0 Å².